The first-order valence-electron chi connectivity index (χ1n) is 9.06. The van der Waals surface area contributed by atoms with Crippen molar-refractivity contribution in [2.75, 3.05) is 19.8 Å². The first kappa shape index (κ1) is 18.5. The van der Waals surface area contributed by atoms with Crippen molar-refractivity contribution in [1.29, 1.82) is 0 Å². The normalized spacial score (nSPS) is 14.3. The van der Waals surface area contributed by atoms with Gasteiger partial charge in [0.25, 0.3) is 0 Å². The van der Waals surface area contributed by atoms with Crippen molar-refractivity contribution >= 4 is 5.97 Å². The molecule has 124 valence electrons. The van der Waals surface area contributed by atoms with Crippen LogP contribution >= 0.6 is 0 Å². The van der Waals surface area contributed by atoms with Crippen molar-refractivity contribution in [3.05, 3.63) is 0 Å². The number of esters is 1. The fourth-order valence-electron chi connectivity index (χ4n) is 2.38. The average Bonchev–Trinajstić information content (AvgIpc) is 3.30. The number of unbranched alkanes of at least 4 members (excludes halogenated alkanes) is 9. The molecule has 0 aromatic rings. The van der Waals surface area contributed by atoms with Crippen molar-refractivity contribution < 1.29 is 14.3 Å². The maximum atomic E-state index is 11.3. The maximum absolute atomic E-state index is 11.3. The number of hydrogen-bond donors (Lipinski definition) is 0. The Labute approximate surface area is 130 Å². The summed E-state index contributed by atoms with van der Waals surface area (Å²) in [5.74, 6) is 0.435. The van der Waals surface area contributed by atoms with Crippen LogP contribution in [0.1, 0.15) is 84.0 Å². The Bertz CT molecular complexity index is 249. The van der Waals surface area contributed by atoms with Gasteiger partial charge in [-0.1, -0.05) is 64.7 Å². The molecule has 0 aliphatic heterocycles. The van der Waals surface area contributed by atoms with Crippen molar-refractivity contribution in [1.82, 2.24) is 0 Å². The molecule has 0 atom stereocenters. The van der Waals surface area contributed by atoms with E-state index in [4.69, 9.17) is 9.47 Å². The first-order valence-corrected chi connectivity index (χ1v) is 9.06. The van der Waals surface area contributed by atoms with E-state index in [1.54, 1.807) is 0 Å². The summed E-state index contributed by atoms with van der Waals surface area (Å²) >= 11 is 0. The zero-order chi connectivity index (χ0) is 15.2. The number of hydrogen-bond acceptors (Lipinski definition) is 3. The summed E-state index contributed by atoms with van der Waals surface area (Å²) in [6.07, 6.45) is 15.6. The number of carbonyl (C=O) groups excluding carboxylic acids is 1. The molecule has 21 heavy (non-hydrogen) atoms. The molecule has 1 saturated carbocycles. The third-order valence-corrected chi connectivity index (χ3v) is 4.04. The zero-order valence-corrected chi connectivity index (χ0v) is 13.9. The molecule has 0 aromatic heterocycles. The van der Waals surface area contributed by atoms with E-state index in [0.29, 0.717) is 19.1 Å². The Morgan fingerprint density at radius 2 is 1.48 bits per heavy atom. The molecule has 1 aliphatic rings. The van der Waals surface area contributed by atoms with Crippen molar-refractivity contribution in [3.63, 3.8) is 0 Å². The minimum atomic E-state index is -0.200. The van der Waals surface area contributed by atoms with Crippen LogP contribution in [0.2, 0.25) is 0 Å². The van der Waals surface area contributed by atoms with E-state index >= 15 is 0 Å². The van der Waals surface area contributed by atoms with E-state index in [0.717, 1.165) is 6.42 Å². The highest BCUT2D eigenvalue weighted by Gasteiger charge is 2.22. The predicted molar refractivity (Wildman–Crippen MR) is 86.3 cm³/mol. The summed E-state index contributed by atoms with van der Waals surface area (Å²) in [7, 11) is 0. The van der Waals surface area contributed by atoms with E-state index in [9.17, 15) is 4.79 Å². The van der Waals surface area contributed by atoms with E-state index in [-0.39, 0.29) is 12.6 Å². The van der Waals surface area contributed by atoms with Crippen molar-refractivity contribution in [3.8, 4) is 0 Å². The summed E-state index contributed by atoms with van der Waals surface area (Å²) in [6.45, 7) is 3.68. The molecule has 0 N–H and O–H groups in total. The zero-order valence-electron chi connectivity index (χ0n) is 13.9. The van der Waals surface area contributed by atoms with Gasteiger partial charge in [0.15, 0.2) is 0 Å². The lowest BCUT2D eigenvalue weighted by Gasteiger charge is -2.05. The lowest BCUT2D eigenvalue weighted by atomic mass is 10.1. The molecule has 0 saturated heterocycles. The lowest BCUT2D eigenvalue weighted by Crippen LogP contribution is -2.14. The van der Waals surface area contributed by atoms with Gasteiger partial charge in [-0.25, -0.2) is 4.79 Å². The molecule has 0 heterocycles. The first-order chi connectivity index (χ1) is 10.3. The van der Waals surface area contributed by atoms with Gasteiger partial charge in [0.05, 0.1) is 6.61 Å². The van der Waals surface area contributed by atoms with Crippen LogP contribution < -0.4 is 0 Å². The van der Waals surface area contributed by atoms with Crippen LogP contribution in [0.5, 0.6) is 0 Å². The van der Waals surface area contributed by atoms with Gasteiger partial charge < -0.3 is 9.47 Å². The topological polar surface area (TPSA) is 35.5 Å². The van der Waals surface area contributed by atoms with Gasteiger partial charge in [-0.3, -0.25) is 0 Å². The summed E-state index contributed by atoms with van der Waals surface area (Å²) in [5, 5.41) is 0. The summed E-state index contributed by atoms with van der Waals surface area (Å²) in [4.78, 5) is 11.3. The second-order valence-corrected chi connectivity index (χ2v) is 6.36. The summed E-state index contributed by atoms with van der Waals surface area (Å²) in [6, 6.07) is 0. The second-order valence-electron chi connectivity index (χ2n) is 6.36. The fraction of sp³-hybridized carbons (Fsp3) is 0.944. The van der Waals surface area contributed by atoms with Crippen LogP contribution in [-0.2, 0) is 14.3 Å². The van der Waals surface area contributed by atoms with E-state index in [1.807, 2.05) is 0 Å². The van der Waals surface area contributed by atoms with Gasteiger partial charge in [0, 0.05) is 6.61 Å². The summed E-state index contributed by atoms with van der Waals surface area (Å²) in [5.41, 5.74) is 0. The molecule has 1 fully saturated rings. The average molecular weight is 298 g/mol. The van der Waals surface area contributed by atoms with Gasteiger partial charge in [0.2, 0.25) is 0 Å². The van der Waals surface area contributed by atoms with Crippen LogP contribution in [0, 0.1) is 5.92 Å². The Balaban J connectivity index is 1.69. The van der Waals surface area contributed by atoms with Crippen LogP contribution in [0.15, 0.2) is 0 Å². The Morgan fingerprint density at radius 3 is 2.05 bits per heavy atom. The molecular formula is C18H34O3. The monoisotopic (exact) mass is 298 g/mol. The minimum Gasteiger partial charge on any atom is -0.464 e. The third-order valence-electron chi connectivity index (χ3n) is 4.04. The number of ether oxygens (including phenoxy) is 2. The van der Waals surface area contributed by atoms with Crippen LogP contribution in [-0.4, -0.2) is 25.8 Å². The van der Waals surface area contributed by atoms with Crippen molar-refractivity contribution in [2.45, 2.75) is 84.0 Å². The standard InChI is InChI=1S/C18H34O3/c1-2-3-4-5-6-7-8-9-10-11-14-20-16-18(19)21-15-17-12-13-17/h17H,2-16H2,1H3. The third kappa shape index (κ3) is 12.9. The minimum absolute atomic E-state index is 0.129. The molecule has 1 aliphatic carbocycles. The van der Waals surface area contributed by atoms with E-state index in [1.165, 1.54) is 70.6 Å². The van der Waals surface area contributed by atoms with Crippen molar-refractivity contribution in [2.24, 2.45) is 5.92 Å². The molecule has 0 amide bonds. The highest BCUT2D eigenvalue weighted by atomic mass is 16.6. The SMILES string of the molecule is CCCCCCCCCCCCOCC(=O)OCC1CC1. The lowest BCUT2D eigenvalue weighted by molar-refractivity contribution is -0.149. The molecule has 0 bridgehead atoms. The Kier molecular flexibility index (Phi) is 11.5. The fourth-order valence-corrected chi connectivity index (χ4v) is 2.38. The highest BCUT2D eigenvalue weighted by molar-refractivity contribution is 5.70. The molecule has 0 unspecified atom stereocenters. The number of carbonyl (C=O) groups is 1. The maximum Gasteiger partial charge on any atom is 0.332 e. The molecule has 0 radical (unpaired) electrons. The molecule has 0 spiro atoms. The Morgan fingerprint density at radius 1 is 0.905 bits per heavy atom. The largest absolute Gasteiger partial charge is 0.464 e. The smallest absolute Gasteiger partial charge is 0.332 e. The molecule has 3 nitrogen and oxygen atoms in total. The predicted octanol–water partition coefficient (Wildman–Crippen LogP) is 4.88. The van der Waals surface area contributed by atoms with Crippen LogP contribution in [0.3, 0.4) is 0 Å². The quantitative estimate of drug-likeness (QED) is 0.319. The molecule has 0 aromatic carbocycles. The van der Waals surface area contributed by atoms with E-state index < -0.39 is 0 Å². The van der Waals surface area contributed by atoms with Gasteiger partial charge >= 0.3 is 5.97 Å². The number of rotatable bonds is 15. The highest BCUT2D eigenvalue weighted by Crippen LogP contribution is 2.28. The van der Waals surface area contributed by atoms with Gasteiger partial charge in [-0.05, 0) is 25.2 Å². The van der Waals surface area contributed by atoms with E-state index in [2.05, 4.69) is 6.92 Å². The Hall–Kier alpha value is -0.570. The van der Waals surface area contributed by atoms with Gasteiger partial charge in [-0.15, -0.1) is 0 Å². The summed E-state index contributed by atoms with van der Waals surface area (Å²) < 4.78 is 10.4. The molecular weight excluding hydrogens is 264 g/mol. The van der Waals surface area contributed by atoms with Gasteiger partial charge in [0.1, 0.15) is 6.61 Å². The second kappa shape index (κ2) is 13.1. The molecule has 1 rings (SSSR count). The van der Waals surface area contributed by atoms with Crippen LogP contribution in [0.4, 0.5) is 0 Å². The molecule has 3 heteroatoms. The van der Waals surface area contributed by atoms with Crippen LogP contribution in [0.25, 0.3) is 0 Å². The van der Waals surface area contributed by atoms with Gasteiger partial charge in [-0.2, -0.15) is 0 Å².